The molecular formula is C17H26O2. The van der Waals surface area contributed by atoms with Crippen molar-refractivity contribution in [3.63, 3.8) is 0 Å². The topological polar surface area (TPSA) is 29.5 Å². The Balaban J connectivity index is 2.26. The maximum absolute atomic E-state index is 9.59. The predicted octanol–water partition coefficient (Wildman–Crippen LogP) is 4.85. The summed E-state index contributed by atoms with van der Waals surface area (Å²) in [6, 6.07) is 5.47. The summed E-state index contributed by atoms with van der Waals surface area (Å²) in [5, 5.41) is 9.59. The summed E-state index contributed by atoms with van der Waals surface area (Å²) in [5.74, 6) is 1.71. The smallest absolute Gasteiger partial charge is 0.122 e. The summed E-state index contributed by atoms with van der Waals surface area (Å²) < 4.78 is 5.66. The first-order valence-corrected chi connectivity index (χ1v) is 7.05. The molecule has 0 amide bonds. The summed E-state index contributed by atoms with van der Waals surface area (Å²) >= 11 is 0. The molecule has 0 spiro atoms. The molecule has 19 heavy (non-hydrogen) atoms. The number of hydrogen-bond donors (Lipinski definition) is 1. The third kappa shape index (κ3) is 6.32. The molecule has 0 saturated carbocycles. The van der Waals surface area contributed by atoms with E-state index >= 15 is 0 Å². The molecule has 0 saturated heterocycles. The number of phenols is 1. The van der Waals surface area contributed by atoms with Crippen LogP contribution in [0.5, 0.6) is 11.5 Å². The van der Waals surface area contributed by atoms with E-state index in [1.54, 1.807) is 6.07 Å². The van der Waals surface area contributed by atoms with Gasteiger partial charge in [0.15, 0.2) is 0 Å². The minimum atomic E-state index is 0.300. The van der Waals surface area contributed by atoms with Gasteiger partial charge in [-0.15, -0.1) is 0 Å². The lowest BCUT2D eigenvalue weighted by Crippen LogP contribution is -2.04. The zero-order chi connectivity index (χ0) is 14.3. The van der Waals surface area contributed by atoms with Crippen LogP contribution in [0.15, 0.2) is 29.8 Å². The zero-order valence-corrected chi connectivity index (χ0v) is 12.6. The molecule has 0 heterocycles. The Morgan fingerprint density at radius 3 is 2.68 bits per heavy atom. The Kier molecular flexibility index (Phi) is 6.48. The molecule has 1 aromatic carbocycles. The van der Waals surface area contributed by atoms with Gasteiger partial charge in [-0.2, -0.15) is 0 Å². The van der Waals surface area contributed by atoms with E-state index in [9.17, 15) is 5.11 Å². The van der Waals surface area contributed by atoms with Crippen LogP contribution < -0.4 is 4.74 Å². The maximum atomic E-state index is 9.59. The SMILES string of the molecule is CC(C)=CCCC(C)CCOc1ccc(C)c(O)c1. The largest absolute Gasteiger partial charge is 0.508 e. The van der Waals surface area contributed by atoms with Gasteiger partial charge in [0, 0.05) is 6.07 Å². The molecule has 0 aliphatic heterocycles. The Morgan fingerprint density at radius 1 is 1.32 bits per heavy atom. The normalized spacial score (nSPS) is 12.0. The van der Waals surface area contributed by atoms with Crippen molar-refractivity contribution >= 4 is 0 Å². The molecule has 1 atom stereocenters. The number of aryl methyl sites for hydroxylation is 1. The molecule has 1 unspecified atom stereocenters. The van der Waals surface area contributed by atoms with E-state index in [1.807, 2.05) is 19.1 Å². The minimum Gasteiger partial charge on any atom is -0.508 e. The van der Waals surface area contributed by atoms with Crippen LogP contribution in [0.3, 0.4) is 0 Å². The Bertz CT molecular complexity index is 417. The number of benzene rings is 1. The van der Waals surface area contributed by atoms with E-state index in [4.69, 9.17) is 4.74 Å². The van der Waals surface area contributed by atoms with Gasteiger partial charge < -0.3 is 9.84 Å². The highest BCUT2D eigenvalue weighted by Gasteiger charge is 2.03. The van der Waals surface area contributed by atoms with Crippen molar-refractivity contribution in [2.24, 2.45) is 5.92 Å². The van der Waals surface area contributed by atoms with Crippen LogP contribution in [0.1, 0.15) is 45.6 Å². The van der Waals surface area contributed by atoms with Crippen LogP contribution in [-0.2, 0) is 0 Å². The highest BCUT2D eigenvalue weighted by atomic mass is 16.5. The van der Waals surface area contributed by atoms with Gasteiger partial charge in [0.2, 0.25) is 0 Å². The standard InChI is InChI=1S/C17H26O2/c1-13(2)6-5-7-14(3)10-11-19-16-9-8-15(4)17(18)12-16/h6,8-9,12,14,18H,5,7,10-11H2,1-4H3. The number of phenolic OH excluding ortho intramolecular Hbond substituents is 1. The fourth-order valence-electron chi connectivity index (χ4n) is 1.86. The summed E-state index contributed by atoms with van der Waals surface area (Å²) in [6.07, 6.45) is 5.68. The van der Waals surface area contributed by atoms with Crippen LogP contribution in [0.2, 0.25) is 0 Å². The van der Waals surface area contributed by atoms with Gasteiger partial charge in [0.1, 0.15) is 11.5 Å². The van der Waals surface area contributed by atoms with Gasteiger partial charge in [0.25, 0.3) is 0 Å². The molecule has 0 aliphatic rings. The second kappa shape index (κ2) is 7.88. The first-order chi connectivity index (χ1) is 8.99. The van der Waals surface area contributed by atoms with E-state index in [2.05, 4.69) is 26.8 Å². The lowest BCUT2D eigenvalue weighted by atomic mass is 10.0. The predicted molar refractivity (Wildman–Crippen MR) is 80.8 cm³/mol. The molecule has 106 valence electrons. The number of aromatic hydroxyl groups is 1. The molecule has 0 aromatic heterocycles. The van der Waals surface area contributed by atoms with Gasteiger partial charge in [-0.1, -0.05) is 24.6 Å². The minimum absolute atomic E-state index is 0.300. The second-order valence-electron chi connectivity index (χ2n) is 5.55. The number of hydrogen-bond acceptors (Lipinski definition) is 2. The van der Waals surface area contributed by atoms with Crippen molar-refractivity contribution < 1.29 is 9.84 Å². The molecule has 2 heteroatoms. The van der Waals surface area contributed by atoms with Gasteiger partial charge >= 0.3 is 0 Å². The Hall–Kier alpha value is -1.44. The number of rotatable bonds is 7. The average molecular weight is 262 g/mol. The van der Waals surface area contributed by atoms with Crippen molar-refractivity contribution in [1.29, 1.82) is 0 Å². The lowest BCUT2D eigenvalue weighted by molar-refractivity contribution is 0.278. The molecule has 1 N–H and O–H groups in total. The molecule has 2 nitrogen and oxygen atoms in total. The average Bonchev–Trinajstić information content (AvgIpc) is 2.33. The van der Waals surface area contributed by atoms with Gasteiger partial charge in [0.05, 0.1) is 6.61 Å². The molecule has 0 radical (unpaired) electrons. The first-order valence-electron chi connectivity index (χ1n) is 7.05. The second-order valence-corrected chi connectivity index (χ2v) is 5.55. The molecule has 0 fully saturated rings. The number of allylic oxidation sites excluding steroid dienone is 2. The monoisotopic (exact) mass is 262 g/mol. The quantitative estimate of drug-likeness (QED) is 0.712. The summed E-state index contributed by atoms with van der Waals surface area (Å²) in [4.78, 5) is 0. The molecule has 0 aliphatic carbocycles. The molecule has 1 rings (SSSR count). The maximum Gasteiger partial charge on any atom is 0.122 e. The third-order valence-electron chi connectivity index (χ3n) is 3.27. The van der Waals surface area contributed by atoms with Crippen LogP contribution in [0.25, 0.3) is 0 Å². The van der Waals surface area contributed by atoms with Crippen molar-refractivity contribution in [1.82, 2.24) is 0 Å². The van der Waals surface area contributed by atoms with Crippen LogP contribution in [-0.4, -0.2) is 11.7 Å². The molecule has 1 aromatic rings. The van der Waals surface area contributed by atoms with Crippen LogP contribution in [0.4, 0.5) is 0 Å². The van der Waals surface area contributed by atoms with E-state index in [-0.39, 0.29) is 0 Å². The molecular weight excluding hydrogens is 236 g/mol. The van der Waals surface area contributed by atoms with Gasteiger partial charge in [-0.05, 0) is 57.6 Å². The van der Waals surface area contributed by atoms with Crippen molar-refractivity contribution in [2.75, 3.05) is 6.61 Å². The number of ether oxygens (including phenoxy) is 1. The fourth-order valence-corrected chi connectivity index (χ4v) is 1.86. The van der Waals surface area contributed by atoms with Gasteiger partial charge in [-0.3, -0.25) is 0 Å². The van der Waals surface area contributed by atoms with Crippen LogP contribution in [0, 0.1) is 12.8 Å². The van der Waals surface area contributed by atoms with E-state index in [1.165, 1.54) is 12.0 Å². The van der Waals surface area contributed by atoms with E-state index < -0.39 is 0 Å². The van der Waals surface area contributed by atoms with E-state index in [0.29, 0.717) is 18.3 Å². The zero-order valence-electron chi connectivity index (χ0n) is 12.6. The summed E-state index contributed by atoms with van der Waals surface area (Å²) in [5.41, 5.74) is 2.26. The van der Waals surface area contributed by atoms with E-state index in [0.717, 1.165) is 24.2 Å². The highest BCUT2D eigenvalue weighted by Crippen LogP contribution is 2.23. The van der Waals surface area contributed by atoms with Gasteiger partial charge in [-0.25, -0.2) is 0 Å². The molecule has 0 bridgehead atoms. The van der Waals surface area contributed by atoms with Crippen molar-refractivity contribution in [3.05, 3.63) is 35.4 Å². The van der Waals surface area contributed by atoms with Crippen LogP contribution >= 0.6 is 0 Å². The highest BCUT2D eigenvalue weighted by molar-refractivity contribution is 5.38. The first kappa shape index (κ1) is 15.6. The Morgan fingerprint density at radius 2 is 2.05 bits per heavy atom. The van der Waals surface area contributed by atoms with Crippen molar-refractivity contribution in [2.45, 2.75) is 47.0 Å². The summed E-state index contributed by atoms with van der Waals surface area (Å²) in [7, 11) is 0. The van der Waals surface area contributed by atoms with Crippen molar-refractivity contribution in [3.8, 4) is 11.5 Å². The fraction of sp³-hybridized carbons (Fsp3) is 0.529. The lowest BCUT2D eigenvalue weighted by Gasteiger charge is -2.12. The summed E-state index contributed by atoms with van der Waals surface area (Å²) in [6.45, 7) is 9.12. The third-order valence-corrected chi connectivity index (χ3v) is 3.27. The Labute approximate surface area is 117 Å².